The first-order valence-corrected chi connectivity index (χ1v) is 4.70. The summed E-state index contributed by atoms with van der Waals surface area (Å²) in [7, 11) is 0. The molecule has 3 heteroatoms. The SMILES string of the molecule is CCCCC1CN[C@H](C(=O)O)C1. The lowest BCUT2D eigenvalue weighted by atomic mass is 9.99. The molecule has 1 aliphatic rings. The van der Waals surface area contributed by atoms with Crippen molar-refractivity contribution in [3.05, 3.63) is 0 Å². The van der Waals surface area contributed by atoms with E-state index < -0.39 is 5.97 Å². The molecule has 0 aromatic rings. The van der Waals surface area contributed by atoms with Crippen LogP contribution in [0.4, 0.5) is 0 Å². The average Bonchev–Trinajstić information content (AvgIpc) is 2.48. The van der Waals surface area contributed by atoms with Crippen molar-refractivity contribution in [1.29, 1.82) is 0 Å². The fourth-order valence-corrected chi connectivity index (χ4v) is 1.71. The minimum absolute atomic E-state index is 0.285. The van der Waals surface area contributed by atoms with Crippen molar-refractivity contribution in [2.24, 2.45) is 5.92 Å². The average molecular weight is 171 g/mol. The Morgan fingerprint density at radius 3 is 2.92 bits per heavy atom. The van der Waals surface area contributed by atoms with Crippen molar-refractivity contribution in [1.82, 2.24) is 5.32 Å². The first-order chi connectivity index (χ1) is 5.74. The normalized spacial score (nSPS) is 29.1. The summed E-state index contributed by atoms with van der Waals surface area (Å²) < 4.78 is 0. The molecule has 0 aliphatic carbocycles. The van der Waals surface area contributed by atoms with E-state index in [0.717, 1.165) is 13.0 Å². The van der Waals surface area contributed by atoms with Crippen LogP contribution in [-0.2, 0) is 4.79 Å². The third-order valence-electron chi connectivity index (χ3n) is 2.49. The van der Waals surface area contributed by atoms with Crippen LogP contribution >= 0.6 is 0 Å². The number of hydrogen-bond acceptors (Lipinski definition) is 2. The summed E-state index contributed by atoms with van der Waals surface area (Å²) in [6.07, 6.45) is 4.41. The molecule has 0 amide bonds. The lowest BCUT2D eigenvalue weighted by molar-refractivity contribution is -0.139. The monoisotopic (exact) mass is 171 g/mol. The zero-order valence-electron chi connectivity index (χ0n) is 7.55. The van der Waals surface area contributed by atoms with Crippen LogP contribution in [0, 0.1) is 5.92 Å². The van der Waals surface area contributed by atoms with Gasteiger partial charge in [-0.3, -0.25) is 4.79 Å². The van der Waals surface area contributed by atoms with E-state index in [1.807, 2.05) is 0 Å². The third kappa shape index (κ3) is 2.48. The highest BCUT2D eigenvalue weighted by Crippen LogP contribution is 2.19. The Bertz CT molecular complexity index is 159. The molecule has 2 N–H and O–H groups in total. The second kappa shape index (κ2) is 4.45. The van der Waals surface area contributed by atoms with Crippen LogP contribution in [0.2, 0.25) is 0 Å². The van der Waals surface area contributed by atoms with E-state index in [1.54, 1.807) is 0 Å². The standard InChI is InChI=1S/C9H17NO2/c1-2-3-4-7-5-8(9(11)12)10-6-7/h7-8,10H,2-6H2,1H3,(H,11,12)/t7?,8-/m0/s1. The third-order valence-corrected chi connectivity index (χ3v) is 2.49. The molecule has 1 fully saturated rings. The molecule has 0 radical (unpaired) electrons. The molecule has 0 bridgehead atoms. The van der Waals surface area contributed by atoms with Crippen LogP contribution in [0.15, 0.2) is 0 Å². The largest absolute Gasteiger partial charge is 0.480 e. The van der Waals surface area contributed by atoms with E-state index in [9.17, 15) is 4.79 Å². The molecule has 12 heavy (non-hydrogen) atoms. The zero-order valence-corrected chi connectivity index (χ0v) is 7.55. The Labute approximate surface area is 73.2 Å². The quantitative estimate of drug-likeness (QED) is 0.669. The number of carbonyl (C=O) groups is 1. The Balaban J connectivity index is 2.21. The highest BCUT2D eigenvalue weighted by Gasteiger charge is 2.28. The molecule has 1 saturated heterocycles. The summed E-state index contributed by atoms with van der Waals surface area (Å²) in [6.45, 7) is 3.05. The number of carboxylic acids is 1. The molecule has 3 nitrogen and oxygen atoms in total. The van der Waals surface area contributed by atoms with Crippen LogP contribution in [-0.4, -0.2) is 23.7 Å². The van der Waals surface area contributed by atoms with Gasteiger partial charge in [-0.1, -0.05) is 19.8 Å². The summed E-state index contributed by atoms with van der Waals surface area (Å²) in [5, 5.41) is 11.7. The van der Waals surface area contributed by atoms with Gasteiger partial charge in [-0.25, -0.2) is 0 Å². The molecule has 1 unspecified atom stereocenters. The molecule has 0 spiro atoms. The van der Waals surface area contributed by atoms with Crippen molar-refractivity contribution in [2.75, 3.05) is 6.54 Å². The van der Waals surface area contributed by atoms with E-state index in [4.69, 9.17) is 5.11 Å². The maximum Gasteiger partial charge on any atom is 0.320 e. The number of nitrogens with one attached hydrogen (secondary N) is 1. The van der Waals surface area contributed by atoms with Gasteiger partial charge in [0.15, 0.2) is 0 Å². The van der Waals surface area contributed by atoms with Gasteiger partial charge < -0.3 is 10.4 Å². The van der Waals surface area contributed by atoms with Crippen molar-refractivity contribution < 1.29 is 9.90 Å². The summed E-state index contributed by atoms with van der Waals surface area (Å²) >= 11 is 0. The van der Waals surface area contributed by atoms with Crippen molar-refractivity contribution in [3.63, 3.8) is 0 Å². The maximum atomic E-state index is 10.6. The van der Waals surface area contributed by atoms with Gasteiger partial charge in [0.2, 0.25) is 0 Å². The minimum atomic E-state index is -0.700. The predicted octanol–water partition coefficient (Wildman–Crippen LogP) is 1.24. The highest BCUT2D eigenvalue weighted by atomic mass is 16.4. The van der Waals surface area contributed by atoms with Gasteiger partial charge in [0.25, 0.3) is 0 Å². The topological polar surface area (TPSA) is 49.3 Å². The molecule has 0 aromatic carbocycles. The second-order valence-electron chi connectivity index (χ2n) is 3.54. The summed E-state index contributed by atoms with van der Waals surface area (Å²) in [6, 6.07) is -0.285. The van der Waals surface area contributed by atoms with E-state index in [-0.39, 0.29) is 6.04 Å². The van der Waals surface area contributed by atoms with Gasteiger partial charge in [-0.2, -0.15) is 0 Å². The lowest BCUT2D eigenvalue weighted by Gasteiger charge is -2.05. The van der Waals surface area contributed by atoms with Gasteiger partial charge in [0, 0.05) is 0 Å². The fraction of sp³-hybridized carbons (Fsp3) is 0.889. The van der Waals surface area contributed by atoms with Crippen molar-refractivity contribution >= 4 is 5.97 Å². The fourth-order valence-electron chi connectivity index (χ4n) is 1.71. The molecule has 0 aromatic heterocycles. The van der Waals surface area contributed by atoms with Crippen molar-refractivity contribution in [3.8, 4) is 0 Å². The Morgan fingerprint density at radius 2 is 2.42 bits per heavy atom. The first kappa shape index (κ1) is 9.52. The predicted molar refractivity (Wildman–Crippen MR) is 47.1 cm³/mol. The van der Waals surface area contributed by atoms with Crippen molar-refractivity contribution in [2.45, 2.75) is 38.6 Å². The molecule has 1 rings (SSSR count). The van der Waals surface area contributed by atoms with Crippen LogP contribution in [0.25, 0.3) is 0 Å². The molecule has 2 atom stereocenters. The van der Waals surface area contributed by atoms with E-state index >= 15 is 0 Å². The van der Waals surface area contributed by atoms with Crippen LogP contribution in [0.5, 0.6) is 0 Å². The minimum Gasteiger partial charge on any atom is -0.480 e. The zero-order chi connectivity index (χ0) is 8.97. The Morgan fingerprint density at radius 1 is 1.67 bits per heavy atom. The smallest absolute Gasteiger partial charge is 0.320 e. The number of aliphatic carboxylic acids is 1. The van der Waals surface area contributed by atoms with E-state index in [2.05, 4.69) is 12.2 Å². The molecular formula is C9H17NO2. The maximum absolute atomic E-state index is 10.6. The van der Waals surface area contributed by atoms with Crippen LogP contribution in [0.1, 0.15) is 32.6 Å². The lowest BCUT2D eigenvalue weighted by Crippen LogP contribution is -2.29. The molecule has 0 saturated carbocycles. The van der Waals surface area contributed by atoms with Gasteiger partial charge in [0.1, 0.15) is 6.04 Å². The van der Waals surface area contributed by atoms with Gasteiger partial charge in [-0.05, 0) is 25.3 Å². The number of hydrogen-bond donors (Lipinski definition) is 2. The first-order valence-electron chi connectivity index (χ1n) is 4.70. The molecular weight excluding hydrogens is 154 g/mol. The Kier molecular flexibility index (Phi) is 3.53. The van der Waals surface area contributed by atoms with Gasteiger partial charge >= 0.3 is 5.97 Å². The van der Waals surface area contributed by atoms with E-state index in [0.29, 0.717) is 5.92 Å². The number of unbranched alkanes of at least 4 members (excludes halogenated alkanes) is 1. The highest BCUT2D eigenvalue weighted by molar-refractivity contribution is 5.73. The van der Waals surface area contributed by atoms with Gasteiger partial charge in [0.05, 0.1) is 0 Å². The van der Waals surface area contributed by atoms with Crippen LogP contribution < -0.4 is 5.32 Å². The Hall–Kier alpha value is -0.570. The summed E-state index contributed by atoms with van der Waals surface area (Å²) in [4.78, 5) is 10.6. The van der Waals surface area contributed by atoms with Gasteiger partial charge in [-0.15, -0.1) is 0 Å². The number of carboxylic acid groups (broad SMARTS) is 1. The number of rotatable bonds is 4. The molecule has 1 aliphatic heterocycles. The van der Waals surface area contributed by atoms with Crippen LogP contribution in [0.3, 0.4) is 0 Å². The molecule has 70 valence electrons. The molecule has 1 heterocycles. The summed E-state index contributed by atoms with van der Waals surface area (Å²) in [5.41, 5.74) is 0. The summed E-state index contributed by atoms with van der Waals surface area (Å²) in [5.74, 6) is -0.111. The second-order valence-corrected chi connectivity index (χ2v) is 3.54. The van der Waals surface area contributed by atoms with E-state index in [1.165, 1.54) is 19.3 Å².